The lowest BCUT2D eigenvalue weighted by Crippen LogP contribution is -2.36. The summed E-state index contributed by atoms with van der Waals surface area (Å²) in [5.74, 6) is 0.206. The molecular formula is C19H27NO5. The van der Waals surface area contributed by atoms with E-state index < -0.39 is 11.6 Å². The van der Waals surface area contributed by atoms with Crippen LogP contribution in [-0.2, 0) is 14.3 Å². The van der Waals surface area contributed by atoms with Gasteiger partial charge in [0.1, 0.15) is 11.4 Å². The van der Waals surface area contributed by atoms with Crippen molar-refractivity contribution < 1.29 is 23.8 Å². The van der Waals surface area contributed by atoms with Crippen molar-refractivity contribution >= 4 is 12.1 Å². The highest BCUT2D eigenvalue weighted by atomic mass is 16.6. The maximum absolute atomic E-state index is 12.4. The second-order valence-corrected chi connectivity index (χ2v) is 6.99. The molecule has 6 nitrogen and oxygen atoms in total. The Morgan fingerprint density at radius 2 is 1.88 bits per heavy atom. The van der Waals surface area contributed by atoms with E-state index in [9.17, 15) is 9.59 Å². The van der Waals surface area contributed by atoms with E-state index >= 15 is 0 Å². The van der Waals surface area contributed by atoms with Crippen molar-refractivity contribution in [2.24, 2.45) is 0 Å². The maximum Gasteiger partial charge on any atom is 0.410 e. The minimum absolute atomic E-state index is 0.00829. The lowest BCUT2D eigenvalue weighted by Gasteiger charge is -2.28. The average molecular weight is 349 g/mol. The highest BCUT2D eigenvalue weighted by molar-refractivity contribution is 5.71. The van der Waals surface area contributed by atoms with Crippen molar-refractivity contribution in [1.29, 1.82) is 0 Å². The van der Waals surface area contributed by atoms with Crippen molar-refractivity contribution in [3.05, 3.63) is 29.8 Å². The standard InChI is InChI=1S/C19H27NO5/c1-5-23-17(21)13-24-15-10-8-14(9-11-15)16-7-6-12-20(16)18(22)25-19(2,3)4/h8-11,16H,5-7,12-13H2,1-4H3. The fourth-order valence-corrected chi connectivity index (χ4v) is 2.78. The molecule has 1 aromatic rings. The zero-order valence-corrected chi connectivity index (χ0v) is 15.4. The maximum atomic E-state index is 12.4. The Morgan fingerprint density at radius 1 is 1.20 bits per heavy atom. The van der Waals surface area contributed by atoms with Crippen LogP contribution in [0.15, 0.2) is 24.3 Å². The third kappa shape index (κ3) is 5.66. The van der Waals surface area contributed by atoms with Crippen LogP contribution >= 0.6 is 0 Å². The van der Waals surface area contributed by atoms with Crippen LogP contribution in [0.5, 0.6) is 5.75 Å². The average Bonchev–Trinajstić information content (AvgIpc) is 3.02. The fourth-order valence-electron chi connectivity index (χ4n) is 2.78. The molecule has 0 radical (unpaired) electrons. The number of hydrogen-bond donors (Lipinski definition) is 0. The number of benzene rings is 1. The van der Waals surface area contributed by atoms with Gasteiger partial charge in [0.25, 0.3) is 0 Å². The van der Waals surface area contributed by atoms with Gasteiger partial charge in [-0.15, -0.1) is 0 Å². The summed E-state index contributed by atoms with van der Waals surface area (Å²) in [6.45, 7) is 8.28. The molecule has 1 unspecified atom stereocenters. The van der Waals surface area contributed by atoms with Crippen LogP contribution in [0.1, 0.15) is 52.1 Å². The van der Waals surface area contributed by atoms with Crippen LogP contribution in [0.3, 0.4) is 0 Å². The molecule has 1 heterocycles. The molecular weight excluding hydrogens is 322 g/mol. The van der Waals surface area contributed by atoms with E-state index in [0.717, 1.165) is 18.4 Å². The first-order valence-electron chi connectivity index (χ1n) is 8.68. The van der Waals surface area contributed by atoms with Crippen molar-refractivity contribution in [3.63, 3.8) is 0 Å². The van der Waals surface area contributed by atoms with Gasteiger partial charge in [-0.3, -0.25) is 0 Å². The number of ether oxygens (including phenoxy) is 3. The molecule has 25 heavy (non-hydrogen) atoms. The monoisotopic (exact) mass is 349 g/mol. The van der Waals surface area contributed by atoms with Crippen LogP contribution in [0.25, 0.3) is 0 Å². The Labute approximate surface area is 149 Å². The van der Waals surface area contributed by atoms with Gasteiger partial charge < -0.3 is 19.1 Å². The first kappa shape index (κ1) is 19.1. The minimum Gasteiger partial charge on any atom is -0.482 e. The molecule has 0 spiro atoms. The third-order valence-corrected chi connectivity index (χ3v) is 3.81. The molecule has 6 heteroatoms. The lowest BCUT2D eigenvalue weighted by atomic mass is 10.0. The van der Waals surface area contributed by atoms with Gasteiger partial charge in [-0.1, -0.05) is 12.1 Å². The summed E-state index contributed by atoms with van der Waals surface area (Å²) in [5, 5.41) is 0. The van der Waals surface area contributed by atoms with E-state index in [4.69, 9.17) is 14.2 Å². The molecule has 1 fully saturated rings. The molecule has 1 atom stereocenters. The molecule has 1 amide bonds. The topological polar surface area (TPSA) is 65.1 Å². The summed E-state index contributed by atoms with van der Waals surface area (Å²) in [5.41, 5.74) is 0.529. The number of esters is 1. The summed E-state index contributed by atoms with van der Waals surface area (Å²) < 4.78 is 15.7. The highest BCUT2D eigenvalue weighted by Gasteiger charge is 2.33. The molecule has 1 saturated heterocycles. The normalized spacial score (nSPS) is 17.3. The van der Waals surface area contributed by atoms with Crippen molar-refractivity contribution in [2.75, 3.05) is 19.8 Å². The third-order valence-electron chi connectivity index (χ3n) is 3.81. The smallest absolute Gasteiger partial charge is 0.410 e. The Bertz CT molecular complexity index is 591. The van der Waals surface area contributed by atoms with Crippen LogP contribution < -0.4 is 4.74 Å². The predicted octanol–water partition coefficient (Wildman–Crippen LogP) is 3.70. The first-order valence-corrected chi connectivity index (χ1v) is 8.68. The van der Waals surface area contributed by atoms with E-state index in [1.807, 2.05) is 32.9 Å². The van der Waals surface area contributed by atoms with E-state index in [1.165, 1.54) is 0 Å². The molecule has 0 saturated carbocycles. The Balaban J connectivity index is 1.98. The zero-order valence-electron chi connectivity index (χ0n) is 15.4. The van der Waals surface area contributed by atoms with E-state index in [1.54, 1.807) is 24.0 Å². The number of carbonyl (C=O) groups is 2. The second-order valence-electron chi connectivity index (χ2n) is 6.99. The SMILES string of the molecule is CCOC(=O)COc1ccc(C2CCCN2C(=O)OC(C)(C)C)cc1. The number of carbonyl (C=O) groups excluding carboxylic acids is 2. The largest absolute Gasteiger partial charge is 0.482 e. The number of likely N-dealkylation sites (tertiary alicyclic amines) is 1. The Kier molecular flexibility index (Phi) is 6.28. The van der Waals surface area contributed by atoms with Gasteiger partial charge in [-0.05, 0) is 58.2 Å². The molecule has 1 aliphatic rings. The molecule has 138 valence electrons. The predicted molar refractivity (Wildman–Crippen MR) is 93.5 cm³/mol. The van der Waals surface area contributed by atoms with Gasteiger partial charge in [0, 0.05) is 6.54 Å². The summed E-state index contributed by atoms with van der Waals surface area (Å²) >= 11 is 0. The second kappa shape index (κ2) is 8.23. The fraction of sp³-hybridized carbons (Fsp3) is 0.579. The number of hydrogen-bond acceptors (Lipinski definition) is 5. The first-order chi connectivity index (χ1) is 11.8. The van der Waals surface area contributed by atoms with Gasteiger partial charge in [0.2, 0.25) is 0 Å². The van der Waals surface area contributed by atoms with Gasteiger partial charge in [0.05, 0.1) is 12.6 Å². The van der Waals surface area contributed by atoms with Crippen LogP contribution in [-0.4, -0.2) is 42.3 Å². The van der Waals surface area contributed by atoms with Crippen LogP contribution in [0, 0.1) is 0 Å². The summed E-state index contributed by atoms with van der Waals surface area (Å²) in [7, 11) is 0. The van der Waals surface area contributed by atoms with Crippen molar-refractivity contribution in [1.82, 2.24) is 4.90 Å². The lowest BCUT2D eigenvalue weighted by molar-refractivity contribution is -0.145. The Hall–Kier alpha value is -2.24. The van der Waals surface area contributed by atoms with E-state index in [-0.39, 0.29) is 18.7 Å². The van der Waals surface area contributed by atoms with E-state index in [0.29, 0.717) is 18.9 Å². The number of nitrogens with zero attached hydrogens (tertiary/aromatic N) is 1. The molecule has 0 aliphatic carbocycles. The molecule has 0 bridgehead atoms. The molecule has 2 rings (SSSR count). The quantitative estimate of drug-likeness (QED) is 0.758. The van der Waals surface area contributed by atoms with Crippen molar-refractivity contribution in [2.45, 2.75) is 52.2 Å². The van der Waals surface area contributed by atoms with Gasteiger partial charge in [0.15, 0.2) is 6.61 Å². The zero-order chi connectivity index (χ0) is 18.4. The van der Waals surface area contributed by atoms with Gasteiger partial charge in [-0.2, -0.15) is 0 Å². The summed E-state index contributed by atoms with van der Waals surface area (Å²) in [6.07, 6.45) is 1.57. The van der Waals surface area contributed by atoms with Gasteiger partial charge in [-0.25, -0.2) is 9.59 Å². The Morgan fingerprint density at radius 3 is 2.48 bits per heavy atom. The number of amides is 1. The number of rotatable bonds is 5. The molecule has 0 aromatic heterocycles. The van der Waals surface area contributed by atoms with Crippen LogP contribution in [0.4, 0.5) is 4.79 Å². The summed E-state index contributed by atoms with van der Waals surface area (Å²) in [4.78, 5) is 25.5. The van der Waals surface area contributed by atoms with E-state index in [2.05, 4.69) is 0 Å². The molecule has 1 aromatic carbocycles. The highest BCUT2D eigenvalue weighted by Crippen LogP contribution is 2.33. The van der Waals surface area contributed by atoms with Crippen molar-refractivity contribution in [3.8, 4) is 5.75 Å². The molecule has 1 aliphatic heterocycles. The van der Waals surface area contributed by atoms with Gasteiger partial charge >= 0.3 is 12.1 Å². The van der Waals surface area contributed by atoms with Crippen LogP contribution in [0.2, 0.25) is 0 Å². The summed E-state index contributed by atoms with van der Waals surface area (Å²) in [6, 6.07) is 7.47. The minimum atomic E-state index is -0.505. The molecule has 0 N–H and O–H groups in total.